The van der Waals surface area contributed by atoms with Gasteiger partial charge < -0.3 is 4.74 Å². The Kier molecular flexibility index (Phi) is 5.23. The third kappa shape index (κ3) is 3.40. The Bertz CT molecular complexity index is 300. The number of nitrogens with one attached hydrogen (secondary N) is 1. The molecule has 7 nitrogen and oxygen atoms in total. The zero-order chi connectivity index (χ0) is 9.68. The first-order valence-corrected chi connectivity index (χ1v) is 3.56. The largest absolute Gasteiger partial charge is 0.459 e. The summed E-state index contributed by atoms with van der Waals surface area (Å²) in [6.45, 7) is 1.78. The van der Waals surface area contributed by atoms with Crippen LogP contribution in [-0.4, -0.2) is 33.4 Å². The molecule has 0 unspecified atom stereocenters. The Labute approximate surface area is 85.8 Å². The Morgan fingerprint density at radius 1 is 1.43 bits per heavy atom. The summed E-state index contributed by atoms with van der Waals surface area (Å²) in [6, 6.07) is 0. The van der Waals surface area contributed by atoms with E-state index in [9.17, 15) is 9.59 Å². The molecule has 0 saturated heterocycles. The minimum Gasteiger partial charge on any atom is -0.459 e. The molecule has 0 fully saturated rings. The molecule has 1 aromatic rings. The zero-order valence-corrected chi connectivity index (χ0v) is 8.15. The van der Waals surface area contributed by atoms with Crippen molar-refractivity contribution in [3.05, 3.63) is 12.7 Å². The second-order valence-electron chi connectivity index (χ2n) is 2.03. The van der Waals surface area contributed by atoms with Crippen molar-refractivity contribution in [2.75, 3.05) is 12.0 Å². The minimum atomic E-state index is -0.934. The van der Waals surface area contributed by atoms with Crippen LogP contribution < -0.4 is 5.43 Å². The molecule has 1 aromatic heterocycles. The molecular formula is C6H9ClN4O3. The number of hydrogen-bond donors (Lipinski definition) is 1. The molecule has 0 aliphatic rings. The van der Waals surface area contributed by atoms with E-state index in [2.05, 4.69) is 20.4 Å². The summed E-state index contributed by atoms with van der Waals surface area (Å²) in [5, 5.41) is 6.85. The molecule has 1 heterocycles. The lowest BCUT2D eigenvalue weighted by Gasteiger charge is -2.02. The van der Waals surface area contributed by atoms with Gasteiger partial charge in [-0.25, -0.2) is 9.47 Å². The summed E-state index contributed by atoms with van der Waals surface area (Å²) in [4.78, 5) is 21.7. The highest BCUT2D eigenvalue weighted by molar-refractivity contribution is 6.35. The predicted molar refractivity (Wildman–Crippen MR) is 48.3 cm³/mol. The summed E-state index contributed by atoms with van der Waals surface area (Å²) in [5.41, 5.74) is 2.18. The molecule has 1 N–H and O–H groups in total. The minimum absolute atomic E-state index is 0. The quantitative estimate of drug-likeness (QED) is 0.528. The molecule has 0 saturated carbocycles. The number of nitrogens with zero attached hydrogens (tertiary/aromatic N) is 3. The standard InChI is InChI=1S/C6H8N4O3.ClH/c1-2-13-6(12)5(11)9-10-3-7-8-4-10;/h3-4H,2H2,1H3,(H,9,11);1H. The lowest BCUT2D eigenvalue weighted by Crippen LogP contribution is -2.30. The van der Waals surface area contributed by atoms with Crippen LogP contribution in [0.25, 0.3) is 0 Å². The van der Waals surface area contributed by atoms with Gasteiger partial charge in [-0.05, 0) is 6.92 Å². The lowest BCUT2D eigenvalue weighted by molar-refractivity contribution is -0.152. The number of aromatic nitrogens is 3. The van der Waals surface area contributed by atoms with E-state index in [0.717, 1.165) is 4.68 Å². The molecule has 0 radical (unpaired) electrons. The predicted octanol–water partition coefficient (Wildman–Crippen LogP) is -0.667. The van der Waals surface area contributed by atoms with Crippen molar-refractivity contribution in [3.8, 4) is 0 Å². The van der Waals surface area contributed by atoms with Gasteiger partial charge in [0.15, 0.2) is 0 Å². The molecular weight excluding hydrogens is 212 g/mol. The molecule has 0 aliphatic heterocycles. The van der Waals surface area contributed by atoms with Gasteiger partial charge in [0.1, 0.15) is 12.7 Å². The fourth-order valence-electron chi connectivity index (χ4n) is 0.618. The summed E-state index contributed by atoms with van der Waals surface area (Å²) in [5.74, 6) is -1.79. The average Bonchev–Trinajstić information content (AvgIpc) is 2.57. The van der Waals surface area contributed by atoms with E-state index in [1.807, 2.05) is 0 Å². The van der Waals surface area contributed by atoms with Crippen molar-refractivity contribution in [1.29, 1.82) is 0 Å². The number of esters is 1. The Hall–Kier alpha value is -1.63. The Morgan fingerprint density at radius 2 is 2.00 bits per heavy atom. The smallest absolute Gasteiger partial charge is 0.398 e. The summed E-state index contributed by atoms with van der Waals surface area (Å²) in [7, 11) is 0. The number of hydrogen-bond acceptors (Lipinski definition) is 5. The number of rotatable bonds is 2. The number of halogens is 1. The van der Waals surface area contributed by atoms with Crippen LogP contribution in [0.3, 0.4) is 0 Å². The first kappa shape index (κ1) is 12.4. The van der Waals surface area contributed by atoms with Gasteiger partial charge in [-0.1, -0.05) is 0 Å². The number of amides is 1. The van der Waals surface area contributed by atoms with Crippen LogP contribution >= 0.6 is 12.4 Å². The van der Waals surface area contributed by atoms with Gasteiger partial charge in [-0.2, -0.15) is 0 Å². The van der Waals surface area contributed by atoms with Gasteiger partial charge in [-0.15, -0.1) is 22.6 Å². The summed E-state index contributed by atoms with van der Waals surface area (Å²) < 4.78 is 5.60. The van der Waals surface area contributed by atoms with Gasteiger partial charge >= 0.3 is 11.9 Å². The molecule has 14 heavy (non-hydrogen) atoms. The first-order valence-electron chi connectivity index (χ1n) is 3.56. The summed E-state index contributed by atoms with van der Waals surface area (Å²) >= 11 is 0. The Morgan fingerprint density at radius 3 is 2.50 bits per heavy atom. The molecule has 0 aromatic carbocycles. The average molecular weight is 221 g/mol. The molecule has 1 rings (SSSR count). The van der Waals surface area contributed by atoms with Crippen LogP contribution in [0.1, 0.15) is 6.92 Å². The van der Waals surface area contributed by atoms with E-state index in [1.54, 1.807) is 6.92 Å². The van der Waals surface area contributed by atoms with Crippen molar-refractivity contribution < 1.29 is 14.3 Å². The molecule has 0 bridgehead atoms. The van der Waals surface area contributed by atoms with Gasteiger partial charge in [0.25, 0.3) is 0 Å². The van der Waals surface area contributed by atoms with E-state index in [4.69, 9.17) is 0 Å². The van der Waals surface area contributed by atoms with Crippen molar-refractivity contribution in [1.82, 2.24) is 14.9 Å². The van der Waals surface area contributed by atoms with E-state index >= 15 is 0 Å². The number of carbonyl (C=O) groups excluding carboxylic acids is 2. The number of carbonyl (C=O) groups is 2. The van der Waals surface area contributed by atoms with Crippen molar-refractivity contribution in [3.63, 3.8) is 0 Å². The highest BCUT2D eigenvalue weighted by Crippen LogP contribution is 1.81. The third-order valence-corrected chi connectivity index (χ3v) is 1.11. The monoisotopic (exact) mass is 220 g/mol. The van der Waals surface area contributed by atoms with Crippen LogP contribution in [0.2, 0.25) is 0 Å². The topological polar surface area (TPSA) is 86.1 Å². The molecule has 1 amide bonds. The molecule has 8 heteroatoms. The van der Waals surface area contributed by atoms with Crippen LogP contribution in [0.5, 0.6) is 0 Å². The fourth-order valence-corrected chi connectivity index (χ4v) is 0.618. The van der Waals surface area contributed by atoms with Crippen molar-refractivity contribution in [2.45, 2.75) is 6.92 Å². The fraction of sp³-hybridized carbons (Fsp3) is 0.333. The first-order chi connectivity index (χ1) is 6.24. The second kappa shape index (κ2) is 5.92. The van der Waals surface area contributed by atoms with E-state index in [-0.39, 0.29) is 19.0 Å². The van der Waals surface area contributed by atoms with Crippen LogP contribution in [0.4, 0.5) is 0 Å². The normalized spacial score (nSPS) is 8.64. The van der Waals surface area contributed by atoms with Crippen LogP contribution in [-0.2, 0) is 14.3 Å². The van der Waals surface area contributed by atoms with E-state index in [0.29, 0.717) is 0 Å². The molecule has 0 aliphatic carbocycles. The molecule has 0 spiro atoms. The lowest BCUT2D eigenvalue weighted by atomic mass is 10.6. The van der Waals surface area contributed by atoms with Crippen LogP contribution in [0.15, 0.2) is 12.7 Å². The number of ether oxygens (including phenoxy) is 1. The van der Waals surface area contributed by atoms with Crippen LogP contribution in [0, 0.1) is 0 Å². The molecule has 0 atom stereocenters. The SMILES string of the molecule is CCOC(=O)C(=O)Nn1cnnc1.Cl. The Balaban J connectivity index is 0.00000169. The zero-order valence-electron chi connectivity index (χ0n) is 7.34. The maximum atomic E-state index is 10.9. The van der Waals surface area contributed by atoms with Crippen molar-refractivity contribution in [2.24, 2.45) is 0 Å². The van der Waals surface area contributed by atoms with Gasteiger partial charge in [0.2, 0.25) is 0 Å². The van der Waals surface area contributed by atoms with E-state index in [1.165, 1.54) is 12.7 Å². The van der Waals surface area contributed by atoms with E-state index < -0.39 is 11.9 Å². The maximum absolute atomic E-state index is 10.9. The second-order valence-corrected chi connectivity index (χ2v) is 2.03. The van der Waals surface area contributed by atoms with Gasteiger partial charge in [0.05, 0.1) is 6.61 Å². The molecule has 78 valence electrons. The summed E-state index contributed by atoms with van der Waals surface area (Å²) in [6.07, 6.45) is 2.49. The van der Waals surface area contributed by atoms with Gasteiger partial charge in [-0.3, -0.25) is 10.2 Å². The highest BCUT2D eigenvalue weighted by Gasteiger charge is 2.14. The van der Waals surface area contributed by atoms with Gasteiger partial charge in [0, 0.05) is 0 Å². The maximum Gasteiger partial charge on any atom is 0.398 e. The third-order valence-electron chi connectivity index (χ3n) is 1.11. The van der Waals surface area contributed by atoms with Crippen molar-refractivity contribution >= 4 is 24.3 Å². The highest BCUT2D eigenvalue weighted by atomic mass is 35.5.